The van der Waals surface area contributed by atoms with Crippen LogP contribution in [0.2, 0.25) is 0 Å². The van der Waals surface area contributed by atoms with E-state index in [1.165, 1.54) is 32.6 Å². The van der Waals surface area contributed by atoms with Gasteiger partial charge in [0.25, 0.3) is 5.69 Å². The van der Waals surface area contributed by atoms with Crippen molar-refractivity contribution in [2.24, 2.45) is 5.10 Å². The van der Waals surface area contributed by atoms with Crippen LogP contribution in [0.4, 0.5) is 5.69 Å². The van der Waals surface area contributed by atoms with E-state index in [4.69, 9.17) is 14.2 Å². The van der Waals surface area contributed by atoms with Crippen molar-refractivity contribution >= 4 is 11.9 Å². The van der Waals surface area contributed by atoms with E-state index >= 15 is 0 Å². The molecule has 2 aromatic carbocycles. The third-order valence-electron chi connectivity index (χ3n) is 3.49. The summed E-state index contributed by atoms with van der Waals surface area (Å²) < 4.78 is 15.5. The largest absolute Gasteiger partial charge is 0.496 e. The highest BCUT2D eigenvalue weighted by atomic mass is 16.6. The van der Waals surface area contributed by atoms with E-state index < -0.39 is 4.92 Å². The molecule has 0 unspecified atom stereocenters. The van der Waals surface area contributed by atoms with Gasteiger partial charge in [-0.1, -0.05) is 18.2 Å². The normalized spacial score (nSPS) is 10.5. The van der Waals surface area contributed by atoms with Gasteiger partial charge in [0.1, 0.15) is 5.75 Å². The molecule has 2 aromatic rings. The van der Waals surface area contributed by atoms with Crippen molar-refractivity contribution in [3.8, 4) is 17.2 Å². The molecule has 0 atom stereocenters. The molecule has 8 nitrogen and oxygen atoms in total. The van der Waals surface area contributed by atoms with Crippen LogP contribution in [0.25, 0.3) is 0 Å². The van der Waals surface area contributed by atoms with Gasteiger partial charge in [0.15, 0.2) is 11.5 Å². The highest BCUT2D eigenvalue weighted by molar-refractivity contribution is 5.86. The molecule has 0 radical (unpaired) electrons. The van der Waals surface area contributed by atoms with Gasteiger partial charge in [0.05, 0.1) is 50.6 Å². The highest BCUT2D eigenvalue weighted by Gasteiger charge is 2.18. The van der Waals surface area contributed by atoms with Gasteiger partial charge in [-0.15, -0.1) is 0 Å². The van der Waals surface area contributed by atoms with Crippen molar-refractivity contribution in [2.75, 3.05) is 21.3 Å². The quantitative estimate of drug-likeness (QED) is 0.449. The number of hydrazone groups is 1. The Hall–Kier alpha value is -3.29. The van der Waals surface area contributed by atoms with Crippen LogP contribution in [0, 0.1) is 10.1 Å². The summed E-state index contributed by atoms with van der Waals surface area (Å²) in [5, 5.41) is 15.3. The summed E-state index contributed by atoms with van der Waals surface area (Å²) >= 11 is 0. The van der Waals surface area contributed by atoms with E-state index in [0.29, 0.717) is 17.9 Å². The second-order valence-electron chi connectivity index (χ2n) is 4.93. The maximum atomic E-state index is 11.2. The number of nitro benzene ring substituents is 1. The predicted molar refractivity (Wildman–Crippen MR) is 93.6 cm³/mol. The summed E-state index contributed by atoms with van der Waals surface area (Å²) in [5.41, 5.74) is 3.95. The molecule has 2 rings (SSSR count). The van der Waals surface area contributed by atoms with Crippen LogP contribution in [0.1, 0.15) is 11.1 Å². The number of nitro groups is 1. The fourth-order valence-electron chi connectivity index (χ4n) is 2.24. The summed E-state index contributed by atoms with van der Waals surface area (Å²) in [4.78, 5) is 10.7. The average molecular weight is 345 g/mol. The standard InChI is InChI=1S/C17H19N3O5/c1-23-15-7-5-4-6-12(15)10-18-19-11-13-8-16(24-2)17(25-3)9-14(13)20(21)22/h4-9,11,18H,10H2,1-3H3/b19-11-. The Morgan fingerprint density at radius 1 is 1.08 bits per heavy atom. The molecule has 8 heteroatoms. The molecule has 0 saturated carbocycles. The highest BCUT2D eigenvalue weighted by Crippen LogP contribution is 2.33. The zero-order valence-corrected chi connectivity index (χ0v) is 14.2. The third-order valence-corrected chi connectivity index (χ3v) is 3.49. The first-order chi connectivity index (χ1) is 12.1. The van der Waals surface area contributed by atoms with Crippen LogP contribution in [0.5, 0.6) is 17.2 Å². The number of methoxy groups -OCH3 is 3. The first-order valence-electron chi connectivity index (χ1n) is 7.39. The van der Waals surface area contributed by atoms with Crippen LogP contribution in [-0.4, -0.2) is 32.5 Å². The number of hydrogen-bond acceptors (Lipinski definition) is 7. The number of rotatable bonds is 8. The average Bonchev–Trinajstić information content (AvgIpc) is 2.64. The van der Waals surface area contributed by atoms with E-state index in [2.05, 4.69) is 10.5 Å². The fourth-order valence-corrected chi connectivity index (χ4v) is 2.24. The number of hydrogen-bond donors (Lipinski definition) is 1. The van der Waals surface area contributed by atoms with E-state index in [0.717, 1.165) is 11.3 Å². The second kappa shape index (κ2) is 8.53. The molecule has 0 aromatic heterocycles. The fraction of sp³-hybridized carbons (Fsp3) is 0.235. The van der Waals surface area contributed by atoms with Gasteiger partial charge in [0.2, 0.25) is 0 Å². The second-order valence-corrected chi connectivity index (χ2v) is 4.93. The molecule has 0 spiro atoms. The Morgan fingerprint density at radius 2 is 1.72 bits per heavy atom. The number of ether oxygens (including phenoxy) is 3. The SMILES string of the molecule is COc1ccccc1CN/N=C\c1cc(OC)c(OC)cc1[N+](=O)[O-]. The lowest BCUT2D eigenvalue weighted by Gasteiger charge is -2.09. The maximum absolute atomic E-state index is 11.2. The van der Waals surface area contributed by atoms with Crippen LogP contribution < -0.4 is 19.6 Å². The van der Waals surface area contributed by atoms with E-state index in [1.807, 2.05) is 24.3 Å². The number of para-hydroxylation sites is 1. The summed E-state index contributed by atoms with van der Waals surface area (Å²) in [6.45, 7) is 0.418. The first-order valence-corrected chi connectivity index (χ1v) is 7.39. The van der Waals surface area contributed by atoms with Crippen molar-refractivity contribution < 1.29 is 19.1 Å². The lowest BCUT2D eigenvalue weighted by Crippen LogP contribution is -2.07. The molecule has 0 bridgehead atoms. The van der Waals surface area contributed by atoms with Crippen molar-refractivity contribution in [1.82, 2.24) is 5.43 Å². The topological polar surface area (TPSA) is 95.2 Å². The molecule has 0 aliphatic heterocycles. The van der Waals surface area contributed by atoms with Gasteiger partial charge in [-0.05, 0) is 12.1 Å². The summed E-state index contributed by atoms with van der Waals surface area (Å²) in [6, 6.07) is 10.3. The lowest BCUT2D eigenvalue weighted by atomic mass is 10.1. The molecule has 0 saturated heterocycles. The minimum absolute atomic E-state index is 0.125. The Morgan fingerprint density at radius 3 is 2.36 bits per heavy atom. The molecule has 0 aliphatic carbocycles. The number of nitrogens with zero attached hydrogens (tertiary/aromatic N) is 2. The molecule has 0 aliphatic rings. The van der Waals surface area contributed by atoms with E-state index in [1.54, 1.807) is 7.11 Å². The Labute approximate surface area is 145 Å². The maximum Gasteiger partial charge on any atom is 0.282 e. The molecule has 0 fully saturated rings. The Bertz CT molecular complexity index is 777. The van der Waals surface area contributed by atoms with Crippen molar-refractivity contribution in [3.63, 3.8) is 0 Å². The van der Waals surface area contributed by atoms with E-state index in [9.17, 15) is 10.1 Å². The molecule has 0 amide bonds. The Kier molecular flexibility index (Phi) is 6.16. The number of benzene rings is 2. The molecule has 1 N–H and O–H groups in total. The molecular weight excluding hydrogens is 326 g/mol. The van der Waals surface area contributed by atoms with Crippen LogP contribution in [-0.2, 0) is 6.54 Å². The van der Waals surface area contributed by atoms with Crippen LogP contribution >= 0.6 is 0 Å². The smallest absolute Gasteiger partial charge is 0.282 e. The Balaban J connectivity index is 2.18. The zero-order chi connectivity index (χ0) is 18.2. The van der Waals surface area contributed by atoms with Gasteiger partial charge < -0.3 is 19.6 Å². The molecular formula is C17H19N3O5. The lowest BCUT2D eigenvalue weighted by molar-refractivity contribution is -0.385. The molecule has 0 heterocycles. The van der Waals surface area contributed by atoms with Crippen LogP contribution in [0.15, 0.2) is 41.5 Å². The summed E-state index contributed by atoms with van der Waals surface area (Å²) in [7, 11) is 4.48. The van der Waals surface area contributed by atoms with Crippen molar-refractivity contribution in [1.29, 1.82) is 0 Å². The van der Waals surface area contributed by atoms with Gasteiger partial charge in [0, 0.05) is 5.56 Å². The first kappa shape index (κ1) is 18.1. The van der Waals surface area contributed by atoms with Gasteiger partial charge in [-0.25, -0.2) is 0 Å². The summed E-state index contributed by atoms with van der Waals surface area (Å²) in [5.74, 6) is 1.41. The van der Waals surface area contributed by atoms with Gasteiger partial charge in [-0.3, -0.25) is 10.1 Å². The minimum Gasteiger partial charge on any atom is -0.496 e. The molecule has 25 heavy (non-hydrogen) atoms. The third kappa shape index (κ3) is 4.37. The van der Waals surface area contributed by atoms with Crippen molar-refractivity contribution in [3.05, 3.63) is 57.6 Å². The number of nitrogens with one attached hydrogen (secondary N) is 1. The predicted octanol–water partition coefficient (Wildman–Crippen LogP) is 2.74. The molecule has 132 valence electrons. The van der Waals surface area contributed by atoms with Crippen molar-refractivity contribution in [2.45, 2.75) is 6.54 Å². The summed E-state index contributed by atoms with van der Waals surface area (Å²) in [6.07, 6.45) is 1.37. The van der Waals surface area contributed by atoms with Gasteiger partial charge in [-0.2, -0.15) is 5.10 Å². The van der Waals surface area contributed by atoms with Crippen LogP contribution in [0.3, 0.4) is 0 Å². The van der Waals surface area contributed by atoms with E-state index in [-0.39, 0.29) is 11.4 Å². The van der Waals surface area contributed by atoms with Gasteiger partial charge >= 0.3 is 0 Å². The monoisotopic (exact) mass is 345 g/mol. The zero-order valence-electron chi connectivity index (χ0n) is 14.2. The minimum atomic E-state index is -0.496.